The fourth-order valence-corrected chi connectivity index (χ4v) is 2.82. The number of aromatic nitrogens is 1. The number of nitrogens with zero attached hydrogens (tertiary/aromatic N) is 1. The molecule has 3 nitrogen and oxygen atoms in total. The summed E-state index contributed by atoms with van der Waals surface area (Å²) >= 11 is 0. The molecule has 3 aromatic rings. The Bertz CT molecular complexity index is 891. The van der Waals surface area contributed by atoms with Crippen LogP contribution in [0.15, 0.2) is 67.0 Å². The van der Waals surface area contributed by atoms with Gasteiger partial charge in [-0.2, -0.15) is 0 Å². The normalized spacial score (nSPS) is 10.5. The van der Waals surface area contributed by atoms with E-state index in [9.17, 15) is 9.18 Å². The molecule has 0 bridgehead atoms. The third-order valence-corrected chi connectivity index (χ3v) is 4.20. The van der Waals surface area contributed by atoms with Gasteiger partial charge in [0, 0.05) is 24.5 Å². The number of carbonyl (C=O) groups excluding carboxylic acids is 1. The maximum absolute atomic E-state index is 13.8. The molecule has 0 unspecified atom stereocenters. The van der Waals surface area contributed by atoms with Gasteiger partial charge in [0.25, 0.3) is 5.91 Å². The van der Waals surface area contributed by atoms with E-state index >= 15 is 0 Å². The number of nitrogens with one attached hydrogen (secondary N) is 1. The lowest BCUT2D eigenvalue weighted by molar-refractivity contribution is 0.0952. The van der Waals surface area contributed by atoms with Gasteiger partial charge in [-0.25, -0.2) is 4.39 Å². The minimum Gasteiger partial charge on any atom is -0.352 e. The first-order chi connectivity index (χ1) is 12.6. The van der Waals surface area contributed by atoms with Crippen LogP contribution in [0.25, 0.3) is 11.1 Å². The van der Waals surface area contributed by atoms with Crippen molar-refractivity contribution < 1.29 is 9.18 Å². The van der Waals surface area contributed by atoms with Gasteiger partial charge in [-0.05, 0) is 48.6 Å². The number of rotatable bonds is 6. The molecular weight excluding hydrogens is 327 g/mol. The summed E-state index contributed by atoms with van der Waals surface area (Å²) in [4.78, 5) is 16.1. The largest absolute Gasteiger partial charge is 0.352 e. The van der Waals surface area contributed by atoms with Gasteiger partial charge < -0.3 is 5.32 Å². The van der Waals surface area contributed by atoms with Crippen molar-refractivity contribution in [2.75, 3.05) is 6.54 Å². The Morgan fingerprint density at radius 2 is 1.85 bits per heavy atom. The van der Waals surface area contributed by atoms with Gasteiger partial charge in [0.1, 0.15) is 5.82 Å². The van der Waals surface area contributed by atoms with Crippen LogP contribution >= 0.6 is 0 Å². The second-order valence-corrected chi connectivity index (χ2v) is 6.29. The molecule has 0 aliphatic carbocycles. The number of halogens is 1. The molecule has 3 rings (SSSR count). The SMILES string of the molecule is Cc1cncc(C(=O)NCCCc2ccc(-c3ccccc3F)cc2)c1. The van der Waals surface area contributed by atoms with E-state index in [1.54, 1.807) is 24.5 Å². The molecule has 132 valence electrons. The van der Waals surface area contributed by atoms with Crippen molar-refractivity contribution in [3.8, 4) is 11.1 Å². The summed E-state index contributed by atoms with van der Waals surface area (Å²) in [5.74, 6) is -0.315. The third-order valence-electron chi connectivity index (χ3n) is 4.20. The lowest BCUT2D eigenvalue weighted by atomic mass is 10.0. The van der Waals surface area contributed by atoms with Crippen molar-refractivity contribution in [1.29, 1.82) is 0 Å². The fourth-order valence-electron chi connectivity index (χ4n) is 2.82. The first kappa shape index (κ1) is 17.8. The van der Waals surface area contributed by atoms with Crippen molar-refractivity contribution in [3.05, 3.63) is 89.5 Å². The average Bonchev–Trinajstić information content (AvgIpc) is 2.66. The highest BCUT2D eigenvalue weighted by atomic mass is 19.1. The van der Waals surface area contributed by atoms with E-state index in [1.807, 2.05) is 43.3 Å². The van der Waals surface area contributed by atoms with Crippen LogP contribution in [-0.2, 0) is 6.42 Å². The molecule has 0 spiro atoms. The molecule has 0 fully saturated rings. The Morgan fingerprint density at radius 3 is 2.58 bits per heavy atom. The molecule has 0 saturated carbocycles. The average molecular weight is 348 g/mol. The fraction of sp³-hybridized carbons (Fsp3) is 0.182. The second-order valence-electron chi connectivity index (χ2n) is 6.29. The minimum absolute atomic E-state index is 0.101. The van der Waals surface area contributed by atoms with Gasteiger partial charge in [-0.15, -0.1) is 0 Å². The molecule has 2 aromatic carbocycles. The van der Waals surface area contributed by atoms with E-state index in [0.717, 1.165) is 29.5 Å². The maximum atomic E-state index is 13.8. The van der Waals surface area contributed by atoms with Crippen molar-refractivity contribution in [2.24, 2.45) is 0 Å². The van der Waals surface area contributed by atoms with Gasteiger partial charge in [0.2, 0.25) is 0 Å². The molecule has 1 amide bonds. The Balaban J connectivity index is 1.50. The van der Waals surface area contributed by atoms with E-state index in [4.69, 9.17) is 0 Å². The molecule has 0 aliphatic heterocycles. The number of benzene rings is 2. The van der Waals surface area contributed by atoms with E-state index in [2.05, 4.69) is 10.3 Å². The highest BCUT2D eigenvalue weighted by molar-refractivity contribution is 5.93. The smallest absolute Gasteiger partial charge is 0.252 e. The van der Waals surface area contributed by atoms with Gasteiger partial charge in [0.15, 0.2) is 0 Å². The molecule has 1 aromatic heterocycles. The van der Waals surface area contributed by atoms with E-state index in [1.165, 1.54) is 6.07 Å². The molecule has 0 aliphatic rings. The second kappa shape index (κ2) is 8.39. The van der Waals surface area contributed by atoms with Crippen LogP contribution in [0.5, 0.6) is 0 Å². The number of carbonyl (C=O) groups is 1. The molecular formula is C22H21FN2O. The number of amides is 1. The van der Waals surface area contributed by atoms with Crippen molar-refractivity contribution in [2.45, 2.75) is 19.8 Å². The van der Waals surface area contributed by atoms with Gasteiger partial charge in [0.05, 0.1) is 5.56 Å². The molecule has 0 radical (unpaired) electrons. The molecule has 1 heterocycles. The Hall–Kier alpha value is -3.01. The summed E-state index contributed by atoms with van der Waals surface area (Å²) in [5, 5.41) is 2.91. The Labute approximate surface area is 152 Å². The van der Waals surface area contributed by atoms with Crippen LogP contribution in [0.4, 0.5) is 4.39 Å². The first-order valence-electron chi connectivity index (χ1n) is 8.67. The topological polar surface area (TPSA) is 42.0 Å². The van der Waals surface area contributed by atoms with Crippen LogP contribution < -0.4 is 5.32 Å². The van der Waals surface area contributed by atoms with Crippen LogP contribution in [0, 0.1) is 12.7 Å². The number of hydrogen-bond donors (Lipinski definition) is 1. The van der Waals surface area contributed by atoms with E-state index in [0.29, 0.717) is 17.7 Å². The lowest BCUT2D eigenvalue weighted by Gasteiger charge is -2.07. The number of pyridine rings is 1. The lowest BCUT2D eigenvalue weighted by Crippen LogP contribution is -2.24. The summed E-state index contributed by atoms with van der Waals surface area (Å²) in [5.41, 5.74) is 4.19. The zero-order valence-electron chi connectivity index (χ0n) is 14.7. The zero-order chi connectivity index (χ0) is 18.4. The molecule has 4 heteroatoms. The van der Waals surface area contributed by atoms with Crippen molar-refractivity contribution in [3.63, 3.8) is 0 Å². The van der Waals surface area contributed by atoms with Gasteiger partial charge in [-0.1, -0.05) is 42.5 Å². The Morgan fingerprint density at radius 1 is 1.08 bits per heavy atom. The standard InChI is InChI=1S/C22H21FN2O/c1-16-13-19(15-24-14-16)22(26)25-12-4-5-17-8-10-18(11-9-17)20-6-2-3-7-21(20)23/h2-3,6-11,13-15H,4-5,12H2,1H3,(H,25,26). The molecule has 1 N–H and O–H groups in total. The minimum atomic E-state index is -0.214. The molecule has 0 atom stereocenters. The maximum Gasteiger partial charge on any atom is 0.252 e. The predicted molar refractivity (Wildman–Crippen MR) is 101 cm³/mol. The predicted octanol–water partition coefficient (Wildman–Crippen LogP) is 4.56. The van der Waals surface area contributed by atoms with E-state index in [-0.39, 0.29) is 11.7 Å². The van der Waals surface area contributed by atoms with Crippen LogP contribution in [0.3, 0.4) is 0 Å². The first-order valence-corrected chi connectivity index (χ1v) is 8.67. The van der Waals surface area contributed by atoms with Gasteiger partial charge in [-0.3, -0.25) is 9.78 Å². The molecule has 26 heavy (non-hydrogen) atoms. The number of aryl methyl sites for hydroxylation is 2. The Kier molecular flexibility index (Phi) is 5.74. The molecule has 0 saturated heterocycles. The third kappa shape index (κ3) is 4.54. The van der Waals surface area contributed by atoms with Crippen LogP contribution in [-0.4, -0.2) is 17.4 Å². The van der Waals surface area contributed by atoms with Crippen LogP contribution in [0.1, 0.15) is 27.9 Å². The van der Waals surface area contributed by atoms with Gasteiger partial charge >= 0.3 is 0 Å². The summed E-state index contributed by atoms with van der Waals surface area (Å²) in [6.07, 6.45) is 4.99. The number of hydrogen-bond acceptors (Lipinski definition) is 2. The quantitative estimate of drug-likeness (QED) is 0.664. The summed E-state index contributed by atoms with van der Waals surface area (Å²) < 4.78 is 13.8. The van der Waals surface area contributed by atoms with Crippen LogP contribution in [0.2, 0.25) is 0 Å². The van der Waals surface area contributed by atoms with Crippen molar-refractivity contribution >= 4 is 5.91 Å². The highest BCUT2D eigenvalue weighted by Crippen LogP contribution is 2.23. The van der Waals surface area contributed by atoms with Crippen molar-refractivity contribution in [1.82, 2.24) is 10.3 Å². The highest BCUT2D eigenvalue weighted by Gasteiger charge is 2.06. The summed E-state index contributed by atoms with van der Waals surface area (Å²) in [6.45, 7) is 2.51. The summed E-state index contributed by atoms with van der Waals surface area (Å²) in [6, 6.07) is 16.5. The summed E-state index contributed by atoms with van der Waals surface area (Å²) in [7, 11) is 0. The van der Waals surface area contributed by atoms with E-state index < -0.39 is 0 Å². The monoisotopic (exact) mass is 348 g/mol. The zero-order valence-corrected chi connectivity index (χ0v) is 14.7.